The molecule has 1 aliphatic heterocycles. The van der Waals surface area contributed by atoms with Gasteiger partial charge in [-0.1, -0.05) is 13.8 Å². The minimum absolute atomic E-state index is 0.208. The topological polar surface area (TPSA) is 70.5 Å². The molecule has 0 radical (unpaired) electrons. The van der Waals surface area contributed by atoms with E-state index >= 15 is 0 Å². The van der Waals surface area contributed by atoms with Gasteiger partial charge in [-0.05, 0) is 25.0 Å². The van der Waals surface area contributed by atoms with Crippen LogP contribution in [0.4, 0.5) is 21.7 Å². The van der Waals surface area contributed by atoms with Crippen LogP contribution in [-0.4, -0.2) is 34.8 Å². The molecular formula is C19H23FN4O2. The Morgan fingerprint density at radius 3 is 2.77 bits per heavy atom. The van der Waals surface area contributed by atoms with Gasteiger partial charge < -0.3 is 20.1 Å². The number of nitrogens with one attached hydrogen (secondary N) is 1. The average molecular weight is 358 g/mol. The third-order valence-corrected chi connectivity index (χ3v) is 4.91. The van der Waals surface area contributed by atoms with E-state index < -0.39 is 0 Å². The minimum Gasteiger partial charge on any atom is -0.494 e. The van der Waals surface area contributed by atoms with Crippen molar-refractivity contribution >= 4 is 17.3 Å². The molecule has 0 saturated heterocycles. The van der Waals surface area contributed by atoms with Crippen LogP contribution in [0, 0.1) is 5.82 Å². The maximum atomic E-state index is 13.6. The number of benzene rings is 1. The van der Waals surface area contributed by atoms with Crippen LogP contribution in [0.1, 0.15) is 38.1 Å². The van der Waals surface area contributed by atoms with Crippen molar-refractivity contribution in [2.75, 3.05) is 23.9 Å². The van der Waals surface area contributed by atoms with Gasteiger partial charge in [0.05, 0.1) is 12.8 Å². The third kappa shape index (κ3) is 2.86. The van der Waals surface area contributed by atoms with Crippen LogP contribution in [0.3, 0.4) is 0 Å². The number of hydrogen-bond donors (Lipinski definition) is 2. The summed E-state index contributed by atoms with van der Waals surface area (Å²) in [5.41, 5.74) is 1.56. The molecule has 7 heteroatoms. The van der Waals surface area contributed by atoms with Crippen molar-refractivity contribution in [1.29, 1.82) is 0 Å². The highest BCUT2D eigenvalue weighted by molar-refractivity contribution is 5.77. The normalized spacial score (nSPS) is 18.0. The molecule has 0 unspecified atom stereocenters. The molecular weight excluding hydrogens is 335 g/mol. The highest BCUT2D eigenvalue weighted by Crippen LogP contribution is 2.48. The zero-order valence-corrected chi connectivity index (χ0v) is 15.2. The maximum Gasteiger partial charge on any atom is 0.158 e. The second kappa shape index (κ2) is 6.09. The van der Waals surface area contributed by atoms with Gasteiger partial charge in [0.1, 0.15) is 29.8 Å². The summed E-state index contributed by atoms with van der Waals surface area (Å²) in [6.45, 7) is 4.71. The van der Waals surface area contributed by atoms with Crippen LogP contribution in [0.2, 0.25) is 0 Å². The molecule has 2 aromatic rings. The smallest absolute Gasteiger partial charge is 0.158 e. The number of anilines is 3. The molecule has 2 aliphatic rings. The van der Waals surface area contributed by atoms with Gasteiger partial charge in [-0.25, -0.2) is 14.4 Å². The highest BCUT2D eigenvalue weighted by atomic mass is 19.1. The molecule has 1 aromatic carbocycles. The van der Waals surface area contributed by atoms with Crippen molar-refractivity contribution in [2.24, 2.45) is 0 Å². The molecule has 0 bridgehead atoms. The quantitative estimate of drug-likeness (QED) is 0.856. The summed E-state index contributed by atoms with van der Waals surface area (Å²) >= 11 is 0. The molecule has 0 spiro atoms. The van der Waals surface area contributed by atoms with E-state index in [0.717, 1.165) is 35.7 Å². The molecule has 1 aliphatic carbocycles. The van der Waals surface area contributed by atoms with E-state index in [1.54, 1.807) is 6.07 Å². The van der Waals surface area contributed by atoms with Gasteiger partial charge in [0, 0.05) is 29.6 Å². The predicted octanol–water partition coefficient (Wildman–Crippen LogP) is 3.12. The lowest BCUT2D eigenvalue weighted by atomic mass is 9.88. The number of halogens is 1. The number of aromatic nitrogens is 2. The van der Waals surface area contributed by atoms with Crippen LogP contribution < -0.4 is 15.0 Å². The van der Waals surface area contributed by atoms with E-state index in [9.17, 15) is 9.50 Å². The monoisotopic (exact) mass is 358 g/mol. The zero-order valence-electron chi connectivity index (χ0n) is 15.2. The highest BCUT2D eigenvalue weighted by Gasteiger charge is 2.42. The summed E-state index contributed by atoms with van der Waals surface area (Å²) in [6.07, 6.45) is 2.26. The Kier molecular flexibility index (Phi) is 3.99. The van der Waals surface area contributed by atoms with E-state index in [0.29, 0.717) is 24.2 Å². The standard InChI is InChI=1S/C19H23FN4O2/c1-19(2)10-24(13-7-4-11(20)8-14(13)26-3)18-16(19)17(21-12-5-6-12)22-15(9-25)23-18/h4,7-8,12,25H,5-6,9-10H2,1-3H3,(H,21,22,23). The lowest BCUT2D eigenvalue weighted by molar-refractivity contribution is 0.271. The molecule has 0 atom stereocenters. The summed E-state index contributed by atoms with van der Waals surface area (Å²) in [5.74, 6) is 2.00. The average Bonchev–Trinajstić information content (AvgIpc) is 3.38. The second-order valence-corrected chi connectivity index (χ2v) is 7.55. The first kappa shape index (κ1) is 17.0. The Labute approximate surface area is 152 Å². The van der Waals surface area contributed by atoms with Gasteiger partial charge in [0.2, 0.25) is 0 Å². The Hall–Kier alpha value is -2.41. The summed E-state index contributed by atoms with van der Waals surface area (Å²) in [7, 11) is 1.53. The van der Waals surface area contributed by atoms with Crippen molar-refractivity contribution < 1.29 is 14.2 Å². The first-order valence-electron chi connectivity index (χ1n) is 8.83. The largest absolute Gasteiger partial charge is 0.494 e. The van der Waals surface area contributed by atoms with E-state index in [1.165, 1.54) is 19.2 Å². The number of aliphatic hydroxyl groups is 1. The predicted molar refractivity (Wildman–Crippen MR) is 97.6 cm³/mol. The third-order valence-electron chi connectivity index (χ3n) is 4.91. The molecule has 0 amide bonds. The maximum absolute atomic E-state index is 13.6. The van der Waals surface area contributed by atoms with E-state index in [4.69, 9.17) is 4.74 Å². The Morgan fingerprint density at radius 2 is 2.12 bits per heavy atom. The van der Waals surface area contributed by atoms with Crippen LogP contribution in [0.5, 0.6) is 5.75 Å². The number of ether oxygens (including phenoxy) is 1. The molecule has 1 aromatic heterocycles. The fourth-order valence-electron chi connectivity index (χ4n) is 3.53. The van der Waals surface area contributed by atoms with Crippen molar-refractivity contribution in [2.45, 2.75) is 44.8 Å². The Bertz CT molecular complexity index is 852. The molecule has 4 rings (SSSR count). The van der Waals surface area contributed by atoms with Crippen LogP contribution >= 0.6 is 0 Å². The fraction of sp³-hybridized carbons (Fsp3) is 0.474. The van der Waals surface area contributed by atoms with Crippen molar-refractivity contribution in [3.8, 4) is 5.75 Å². The summed E-state index contributed by atoms with van der Waals surface area (Å²) in [4.78, 5) is 11.1. The molecule has 26 heavy (non-hydrogen) atoms. The number of nitrogens with zero attached hydrogens (tertiary/aromatic N) is 3. The number of fused-ring (bicyclic) bond motifs is 1. The minimum atomic E-state index is -0.348. The number of methoxy groups -OCH3 is 1. The Morgan fingerprint density at radius 1 is 1.35 bits per heavy atom. The number of aliphatic hydroxyl groups excluding tert-OH is 1. The molecule has 2 N–H and O–H groups in total. The van der Waals surface area contributed by atoms with Gasteiger partial charge in [0.15, 0.2) is 5.82 Å². The van der Waals surface area contributed by atoms with Crippen molar-refractivity contribution in [3.05, 3.63) is 35.4 Å². The summed E-state index contributed by atoms with van der Waals surface area (Å²) in [5, 5.41) is 13.1. The van der Waals surface area contributed by atoms with Gasteiger partial charge in [-0.2, -0.15) is 0 Å². The Balaban J connectivity index is 1.87. The van der Waals surface area contributed by atoms with Crippen molar-refractivity contribution in [3.63, 3.8) is 0 Å². The SMILES string of the molecule is COc1cc(F)ccc1N1CC(C)(C)c2c(NC3CC3)nc(CO)nc21. The van der Waals surface area contributed by atoms with E-state index in [1.807, 2.05) is 4.90 Å². The van der Waals surface area contributed by atoms with E-state index in [-0.39, 0.29) is 17.8 Å². The molecule has 2 heterocycles. The second-order valence-electron chi connectivity index (χ2n) is 7.55. The van der Waals surface area contributed by atoms with Gasteiger partial charge >= 0.3 is 0 Å². The summed E-state index contributed by atoms with van der Waals surface area (Å²) in [6, 6.07) is 4.93. The van der Waals surface area contributed by atoms with Gasteiger partial charge in [-0.15, -0.1) is 0 Å². The molecule has 1 fully saturated rings. The first-order chi connectivity index (χ1) is 12.4. The number of rotatable bonds is 5. The summed E-state index contributed by atoms with van der Waals surface area (Å²) < 4.78 is 19.0. The molecule has 6 nitrogen and oxygen atoms in total. The number of hydrogen-bond acceptors (Lipinski definition) is 6. The zero-order chi connectivity index (χ0) is 18.5. The van der Waals surface area contributed by atoms with Crippen LogP contribution in [0.25, 0.3) is 0 Å². The van der Waals surface area contributed by atoms with Gasteiger partial charge in [0.25, 0.3) is 0 Å². The lowest BCUT2D eigenvalue weighted by Gasteiger charge is -2.23. The van der Waals surface area contributed by atoms with Gasteiger partial charge in [-0.3, -0.25) is 0 Å². The molecule has 138 valence electrons. The van der Waals surface area contributed by atoms with E-state index in [2.05, 4.69) is 29.1 Å². The molecule has 1 saturated carbocycles. The first-order valence-corrected chi connectivity index (χ1v) is 8.83. The fourth-order valence-corrected chi connectivity index (χ4v) is 3.53. The lowest BCUT2D eigenvalue weighted by Crippen LogP contribution is -2.26. The van der Waals surface area contributed by atoms with Crippen LogP contribution in [-0.2, 0) is 12.0 Å². The van der Waals surface area contributed by atoms with Crippen molar-refractivity contribution in [1.82, 2.24) is 9.97 Å². The van der Waals surface area contributed by atoms with Crippen LogP contribution in [0.15, 0.2) is 18.2 Å².